The summed E-state index contributed by atoms with van der Waals surface area (Å²) in [5.41, 5.74) is 9.06. The molecule has 2 aliphatic rings. The molecule has 1 unspecified atom stereocenters. The van der Waals surface area contributed by atoms with E-state index in [-0.39, 0.29) is 5.54 Å². The number of aliphatic imine (C=N–C) groups is 1. The molecule has 2 heterocycles. The van der Waals surface area contributed by atoms with E-state index in [4.69, 9.17) is 5.73 Å². The summed E-state index contributed by atoms with van der Waals surface area (Å²) < 4.78 is 0. The van der Waals surface area contributed by atoms with Crippen LogP contribution in [0.15, 0.2) is 29.3 Å². The predicted molar refractivity (Wildman–Crippen MR) is 88.6 cm³/mol. The van der Waals surface area contributed by atoms with E-state index in [0.29, 0.717) is 11.4 Å². The summed E-state index contributed by atoms with van der Waals surface area (Å²) in [6, 6.07) is 8.62. The number of benzene rings is 1. The van der Waals surface area contributed by atoms with Crippen molar-refractivity contribution >= 4 is 23.4 Å². The lowest BCUT2D eigenvalue weighted by atomic mass is 9.79. The van der Waals surface area contributed by atoms with Crippen molar-refractivity contribution in [2.45, 2.75) is 32.7 Å². The van der Waals surface area contributed by atoms with E-state index in [2.05, 4.69) is 54.9 Å². The lowest BCUT2D eigenvalue weighted by Crippen LogP contribution is -2.58. The normalized spacial score (nSPS) is 28.8. The molecule has 3 rings (SSSR count). The van der Waals surface area contributed by atoms with Crippen molar-refractivity contribution < 1.29 is 0 Å². The molecule has 0 bridgehead atoms. The molecule has 3 nitrogen and oxygen atoms in total. The van der Waals surface area contributed by atoms with Crippen molar-refractivity contribution in [3.63, 3.8) is 0 Å². The molecule has 0 radical (unpaired) electrons. The highest BCUT2D eigenvalue weighted by atomic mass is 32.2. The summed E-state index contributed by atoms with van der Waals surface area (Å²) in [5.74, 6) is 3.00. The fourth-order valence-corrected chi connectivity index (χ4v) is 4.93. The molecule has 2 N–H and O–H groups in total. The summed E-state index contributed by atoms with van der Waals surface area (Å²) in [5, 5.41) is 0. The van der Waals surface area contributed by atoms with E-state index in [0.717, 1.165) is 18.7 Å². The van der Waals surface area contributed by atoms with Gasteiger partial charge in [-0.2, -0.15) is 11.8 Å². The van der Waals surface area contributed by atoms with Crippen LogP contribution >= 0.6 is 11.8 Å². The maximum atomic E-state index is 6.21. The smallest absolute Gasteiger partial charge is 0.196 e. The Bertz CT molecular complexity index is 535. The SMILES string of the molecule is Cc1ccc(N2C(N)=NCC23CSCC(C)(C)C3)cc1. The van der Waals surface area contributed by atoms with Gasteiger partial charge in [0.15, 0.2) is 5.96 Å². The minimum absolute atomic E-state index is 0.0613. The van der Waals surface area contributed by atoms with Gasteiger partial charge >= 0.3 is 0 Å². The Balaban J connectivity index is 1.97. The maximum absolute atomic E-state index is 6.21. The Morgan fingerprint density at radius 1 is 1.20 bits per heavy atom. The van der Waals surface area contributed by atoms with Gasteiger partial charge in [-0.1, -0.05) is 31.5 Å². The molecule has 1 aromatic carbocycles. The third-order valence-electron chi connectivity index (χ3n) is 4.20. The zero-order valence-electron chi connectivity index (χ0n) is 12.5. The first-order chi connectivity index (χ1) is 9.42. The topological polar surface area (TPSA) is 41.6 Å². The number of guanidine groups is 1. The van der Waals surface area contributed by atoms with Crippen molar-refractivity contribution in [1.82, 2.24) is 0 Å². The summed E-state index contributed by atoms with van der Waals surface area (Å²) in [7, 11) is 0. The first-order valence-corrected chi connectivity index (χ1v) is 8.32. The van der Waals surface area contributed by atoms with Gasteiger partial charge in [0, 0.05) is 11.4 Å². The van der Waals surface area contributed by atoms with Gasteiger partial charge in [-0.05, 0) is 36.6 Å². The van der Waals surface area contributed by atoms with E-state index < -0.39 is 0 Å². The molecular formula is C16H23N3S. The quantitative estimate of drug-likeness (QED) is 0.864. The highest BCUT2D eigenvalue weighted by Crippen LogP contribution is 2.45. The number of hydrogen-bond acceptors (Lipinski definition) is 4. The molecule has 20 heavy (non-hydrogen) atoms. The molecule has 4 heteroatoms. The number of rotatable bonds is 1. The van der Waals surface area contributed by atoms with Crippen LogP contribution in [0, 0.1) is 12.3 Å². The molecule has 0 saturated carbocycles. The van der Waals surface area contributed by atoms with Crippen LogP contribution in [0.4, 0.5) is 5.69 Å². The highest BCUT2D eigenvalue weighted by Gasteiger charge is 2.48. The molecule has 0 amide bonds. The molecule has 108 valence electrons. The van der Waals surface area contributed by atoms with Crippen LogP contribution in [0.3, 0.4) is 0 Å². The zero-order valence-corrected chi connectivity index (χ0v) is 13.3. The Morgan fingerprint density at radius 3 is 2.55 bits per heavy atom. The monoisotopic (exact) mass is 289 g/mol. The molecule has 1 aromatic rings. The first kappa shape index (κ1) is 13.8. The van der Waals surface area contributed by atoms with Crippen LogP contribution < -0.4 is 10.6 Å². The van der Waals surface area contributed by atoms with Gasteiger partial charge in [0.05, 0.1) is 12.1 Å². The number of aryl methyl sites for hydroxylation is 1. The van der Waals surface area contributed by atoms with Gasteiger partial charge in [0.1, 0.15) is 0 Å². The second-order valence-electron chi connectivity index (χ2n) is 6.90. The second-order valence-corrected chi connectivity index (χ2v) is 7.89. The van der Waals surface area contributed by atoms with E-state index in [1.807, 2.05) is 11.8 Å². The van der Waals surface area contributed by atoms with Crippen LogP contribution in [-0.2, 0) is 0 Å². The lowest BCUT2D eigenvalue weighted by Gasteiger charge is -2.47. The van der Waals surface area contributed by atoms with Gasteiger partial charge in [-0.3, -0.25) is 4.99 Å². The van der Waals surface area contributed by atoms with E-state index in [1.54, 1.807) is 0 Å². The number of anilines is 1. The summed E-state index contributed by atoms with van der Waals surface area (Å²) in [4.78, 5) is 6.84. The highest BCUT2D eigenvalue weighted by molar-refractivity contribution is 7.99. The van der Waals surface area contributed by atoms with Crippen molar-refractivity contribution in [1.29, 1.82) is 0 Å². The van der Waals surface area contributed by atoms with Crippen molar-refractivity contribution in [3.05, 3.63) is 29.8 Å². The minimum Gasteiger partial charge on any atom is -0.369 e. The van der Waals surface area contributed by atoms with Crippen molar-refractivity contribution in [2.24, 2.45) is 16.1 Å². The fourth-order valence-electron chi connectivity index (χ4n) is 3.47. The minimum atomic E-state index is 0.0613. The Kier molecular flexibility index (Phi) is 3.24. The first-order valence-electron chi connectivity index (χ1n) is 7.17. The van der Waals surface area contributed by atoms with Crippen LogP contribution in [0.1, 0.15) is 25.8 Å². The van der Waals surface area contributed by atoms with E-state index >= 15 is 0 Å². The van der Waals surface area contributed by atoms with Crippen LogP contribution in [0.2, 0.25) is 0 Å². The summed E-state index contributed by atoms with van der Waals surface area (Å²) >= 11 is 2.03. The average molecular weight is 289 g/mol. The van der Waals surface area contributed by atoms with Crippen molar-refractivity contribution in [3.8, 4) is 0 Å². The third kappa shape index (κ3) is 2.30. The molecule has 2 aliphatic heterocycles. The van der Waals surface area contributed by atoms with Gasteiger partial charge in [-0.15, -0.1) is 0 Å². The van der Waals surface area contributed by atoms with Crippen LogP contribution in [0.5, 0.6) is 0 Å². The second kappa shape index (κ2) is 4.69. The third-order valence-corrected chi connectivity index (χ3v) is 5.93. The molecule has 1 fully saturated rings. The number of hydrogen-bond donors (Lipinski definition) is 1. The zero-order chi connectivity index (χ0) is 14.4. The van der Waals surface area contributed by atoms with Crippen LogP contribution in [-0.4, -0.2) is 29.5 Å². The van der Waals surface area contributed by atoms with Gasteiger partial charge in [-0.25, -0.2) is 0 Å². The molecular weight excluding hydrogens is 266 g/mol. The lowest BCUT2D eigenvalue weighted by molar-refractivity contribution is 0.282. The van der Waals surface area contributed by atoms with Crippen LogP contribution in [0.25, 0.3) is 0 Å². The van der Waals surface area contributed by atoms with Crippen molar-refractivity contribution in [2.75, 3.05) is 23.0 Å². The molecule has 1 saturated heterocycles. The van der Waals surface area contributed by atoms with Gasteiger partial charge in [0.2, 0.25) is 0 Å². The fraction of sp³-hybridized carbons (Fsp3) is 0.562. The largest absolute Gasteiger partial charge is 0.369 e. The van der Waals surface area contributed by atoms with E-state index in [9.17, 15) is 0 Å². The standard InChI is InChI=1S/C16H23N3S/c1-12-4-6-13(7-5-12)19-14(17)18-9-16(19)8-15(2,3)10-20-11-16/h4-7H,8-11H2,1-3H3,(H2,17,18). The molecule has 1 spiro atoms. The molecule has 0 aliphatic carbocycles. The van der Waals surface area contributed by atoms with E-state index in [1.165, 1.54) is 17.0 Å². The summed E-state index contributed by atoms with van der Waals surface area (Å²) in [6.07, 6.45) is 1.14. The summed E-state index contributed by atoms with van der Waals surface area (Å²) in [6.45, 7) is 7.63. The number of nitrogens with two attached hydrogens (primary N) is 1. The average Bonchev–Trinajstić information content (AvgIpc) is 2.66. The maximum Gasteiger partial charge on any atom is 0.196 e. The van der Waals surface area contributed by atoms with Gasteiger partial charge in [0.25, 0.3) is 0 Å². The Morgan fingerprint density at radius 2 is 1.90 bits per heavy atom. The molecule has 1 atom stereocenters. The van der Waals surface area contributed by atoms with Gasteiger partial charge < -0.3 is 10.6 Å². The Hall–Kier alpha value is -1.16. The Labute approximate surface area is 125 Å². The number of nitrogens with zero attached hydrogens (tertiary/aromatic N) is 2. The number of thioether (sulfide) groups is 1. The molecule has 0 aromatic heterocycles. The predicted octanol–water partition coefficient (Wildman–Crippen LogP) is 3.03.